The summed E-state index contributed by atoms with van der Waals surface area (Å²) in [6.07, 6.45) is 1.50. The molecular formula is C17H15FN4O2. The van der Waals surface area contributed by atoms with Crippen molar-refractivity contribution in [3.05, 3.63) is 60.2 Å². The van der Waals surface area contributed by atoms with Crippen molar-refractivity contribution in [2.75, 3.05) is 12.4 Å². The minimum absolute atomic E-state index is 0.257. The summed E-state index contributed by atoms with van der Waals surface area (Å²) in [5.41, 5.74) is 2.28. The Morgan fingerprint density at radius 2 is 1.96 bits per heavy atom. The van der Waals surface area contributed by atoms with Crippen LogP contribution in [0, 0.1) is 5.82 Å². The SMILES string of the molecule is COc1ccc(NC(=O)c2cc(-c3ccc(F)cc3)n(C)n2)cn1. The number of carbonyl (C=O) groups is 1. The standard InChI is InChI=1S/C17H15FN4O2/c1-22-15(11-3-5-12(18)6-4-11)9-14(21-22)17(23)20-13-7-8-16(24-2)19-10-13/h3-10H,1-2H3,(H,20,23). The van der Waals surface area contributed by atoms with Gasteiger partial charge in [0.25, 0.3) is 5.91 Å². The molecule has 0 radical (unpaired) electrons. The van der Waals surface area contributed by atoms with Gasteiger partial charge in [-0.2, -0.15) is 5.10 Å². The van der Waals surface area contributed by atoms with Crippen LogP contribution in [0.25, 0.3) is 11.3 Å². The number of halogens is 1. The smallest absolute Gasteiger partial charge is 0.276 e. The molecule has 2 heterocycles. The zero-order valence-corrected chi connectivity index (χ0v) is 13.2. The first-order valence-electron chi connectivity index (χ1n) is 7.18. The first-order valence-corrected chi connectivity index (χ1v) is 7.18. The Morgan fingerprint density at radius 3 is 2.58 bits per heavy atom. The Morgan fingerprint density at radius 1 is 1.21 bits per heavy atom. The van der Waals surface area contributed by atoms with E-state index >= 15 is 0 Å². The fourth-order valence-electron chi connectivity index (χ4n) is 2.24. The number of aromatic nitrogens is 3. The van der Waals surface area contributed by atoms with Gasteiger partial charge in [-0.3, -0.25) is 9.48 Å². The van der Waals surface area contributed by atoms with Crippen molar-refractivity contribution in [1.29, 1.82) is 0 Å². The summed E-state index contributed by atoms with van der Waals surface area (Å²) in [6.45, 7) is 0. The predicted molar refractivity (Wildman–Crippen MR) is 87.3 cm³/mol. The maximum Gasteiger partial charge on any atom is 0.276 e. The molecule has 0 aliphatic heterocycles. The van der Waals surface area contributed by atoms with Gasteiger partial charge >= 0.3 is 0 Å². The number of hydrogen-bond donors (Lipinski definition) is 1. The van der Waals surface area contributed by atoms with E-state index in [2.05, 4.69) is 15.4 Å². The third-order valence-corrected chi connectivity index (χ3v) is 3.46. The lowest BCUT2D eigenvalue weighted by Gasteiger charge is -2.03. The maximum atomic E-state index is 13.0. The van der Waals surface area contributed by atoms with E-state index in [9.17, 15) is 9.18 Å². The summed E-state index contributed by atoms with van der Waals surface area (Å²) in [5, 5.41) is 6.92. The van der Waals surface area contributed by atoms with Crippen LogP contribution in [-0.4, -0.2) is 27.8 Å². The molecule has 3 aromatic rings. The van der Waals surface area contributed by atoms with Gasteiger partial charge in [0.05, 0.1) is 24.7 Å². The lowest BCUT2D eigenvalue weighted by Crippen LogP contribution is -2.13. The molecule has 7 heteroatoms. The van der Waals surface area contributed by atoms with E-state index in [1.807, 2.05) is 0 Å². The fourth-order valence-corrected chi connectivity index (χ4v) is 2.24. The first-order chi connectivity index (χ1) is 11.6. The number of hydrogen-bond acceptors (Lipinski definition) is 4. The Kier molecular flexibility index (Phi) is 4.24. The lowest BCUT2D eigenvalue weighted by atomic mass is 10.1. The first kappa shape index (κ1) is 15.7. The summed E-state index contributed by atoms with van der Waals surface area (Å²) in [4.78, 5) is 16.3. The second-order valence-corrected chi connectivity index (χ2v) is 5.09. The molecule has 122 valence electrons. The number of benzene rings is 1. The van der Waals surface area contributed by atoms with Crippen LogP contribution in [0.3, 0.4) is 0 Å². The summed E-state index contributed by atoms with van der Waals surface area (Å²) in [6, 6.07) is 11.0. The third kappa shape index (κ3) is 3.24. The van der Waals surface area contributed by atoms with Crippen LogP contribution in [0.5, 0.6) is 5.88 Å². The monoisotopic (exact) mass is 326 g/mol. The van der Waals surface area contributed by atoms with Crippen molar-refractivity contribution in [3.8, 4) is 17.1 Å². The third-order valence-electron chi connectivity index (χ3n) is 3.46. The molecule has 0 atom stereocenters. The quantitative estimate of drug-likeness (QED) is 0.800. The van der Waals surface area contributed by atoms with Crippen molar-refractivity contribution in [1.82, 2.24) is 14.8 Å². The lowest BCUT2D eigenvalue weighted by molar-refractivity contribution is 0.102. The van der Waals surface area contributed by atoms with E-state index in [1.54, 1.807) is 42.1 Å². The van der Waals surface area contributed by atoms with Crippen LogP contribution in [0.1, 0.15) is 10.5 Å². The number of pyridine rings is 1. The van der Waals surface area contributed by atoms with Crippen molar-refractivity contribution >= 4 is 11.6 Å². The zero-order valence-electron chi connectivity index (χ0n) is 13.2. The average molecular weight is 326 g/mol. The number of carbonyl (C=O) groups excluding carboxylic acids is 1. The molecule has 0 saturated heterocycles. The molecule has 0 fully saturated rings. The highest BCUT2D eigenvalue weighted by Gasteiger charge is 2.14. The molecular weight excluding hydrogens is 311 g/mol. The molecule has 2 aromatic heterocycles. The van der Waals surface area contributed by atoms with Gasteiger partial charge in [0, 0.05) is 13.1 Å². The molecule has 1 amide bonds. The zero-order chi connectivity index (χ0) is 17.1. The Labute approximate surface area is 137 Å². The minimum Gasteiger partial charge on any atom is -0.481 e. The van der Waals surface area contributed by atoms with Gasteiger partial charge in [-0.25, -0.2) is 9.37 Å². The Balaban J connectivity index is 1.80. The highest BCUT2D eigenvalue weighted by atomic mass is 19.1. The molecule has 0 bridgehead atoms. The largest absolute Gasteiger partial charge is 0.481 e. The molecule has 0 aliphatic carbocycles. The van der Waals surface area contributed by atoms with Crippen molar-refractivity contribution < 1.29 is 13.9 Å². The average Bonchev–Trinajstić information content (AvgIpc) is 2.98. The molecule has 0 saturated carbocycles. The molecule has 1 N–H and O–H groups in total. The van der Waals surface area contributed by atoms with Crippen LogP contribution in [0.2, 0.25) is 0 Å². The summed E-state index contributed by atoms with van der Waals surface area (Å²) in [5.74, 6) is -0.207. The molecule has 24 heavy (non-hydrogen) atoms. The van der Waals surface area contributed by atoms with Crippen LogP contribution in [0.15, 0.2) is 48.7 Å². The topological polar surface area (TPSA) is 69.0 Å². The molecule has 6 nitrogen and oxygen atoms in total. The molecule has 1 aromatic carbocycles. The summed E-state index contributed by atoms with van der Waals surface area (Å²) >= 11 is 0. The van der Waals surface area contributed by atoms with Gasteiger partial charge in [0.1, 0.15) is 5.82 Å². The van der Waals surface area contributed by atoms with Gasteiger partial charge in [-0.15, -0.1) is 0 Å². The molecule has 3 rings (SSSR count). The highest BCUT2D eigenvalue weighted by Crippen LogP contribution is 2.21. The van der Waals surface area contributed by atoms with Gasteiger partial charge in [0.2, 0.25) is 5.88 Å². The number of methoxy groups -OCH3 is 1. The summed E-state index contributed by atoms with van der Waals surface area (Å²) in [7, 11) is 3.25. The molecule has 0 spiro atoms. The van der Waals surface area contributed by atoms with Gasteiger partial charge in [-0.05, 0) is 42.0 Å². The van der Waals surface area contributed by atoms with Crippen molar-refractivity contribution in [2.45, 2.75) is 0 Å². The van der Waals surface area contributed by atoms with Gasteiger partial charge in [-0.1, -0.05) is 0 Å². The number of ether oxygens (including phenoxy) is 1. The number of nitrogens with zero attached hydrogens (tertiary/aromatic N) is 3. The number of nitrogens with one attached hydrogen (secondary N) is 1. The van der Waals surface area contributed by atoms with Gasteiger partial charge in [0.15, 0.2) is 5.69 Å². The van der Waals surface area contributed by atoms with E-state index in [0.717, 1.165) is 5.56 Å². The van der Waals surface area contributed by atoms with E-state index in [0.29, 0.717) is 17.3 Å². The van der Waals surface area contributed by atoms with E-state index in [-0.39, 0.29) is 17.4 Å². The van der Waals surface area contributed by atoms with E-state index in [4.69, 9.17) is 4.74 Å². The Bertz CT molecular complexity index is 857. The minimum atomic E-state index is -0.356. The fraction of sp³-hybridized carbons (Fsp3) is 0.118. The maximum absolute atomic E-state index is 13.0. The number of anilines is 1. The number of amides is 1. The Hall–Kier alpha value is -3.22. The second-order valence-electron chi connectivity index (χ2n) is 5.09. The van der Waals surface area contributed by atoms with E-state index < -0.39 is 0 Å². The highest BCUT2D eigenvalue weighted by molar-refractivity contribution is 6.03. The summed E-state index contributed by atoms with van der Waals surface area (Å²) < 4.78 is 19.6. The van der Waals surface area contributed by atoms with Crippen LogP contribution >= 0.6 is 0 Å². The van der Waals surface area contributed by atoms with Crippen LogP contribution < -0.4 is 10.1 Å². The predicted octanol–water partition coefficient (Wildman–Crippen LogP) is 2.88. The number of aryl methyl sites for hydroxylation is 1. The normalized spacial score (nSPS) is 10.5. The number of rotatable bonds is 4. The van der Waals surface area contributed by atoms with Crippen molar-refractivity contribution in [3.63, 3.8) is 0 Å². The molecule has 0 unspecified atom stereocenters. The van der Waals surface area contributed by atoms with Gasteiger partial charge < -0.3 is 10.1 Å². The van der Waals surface area contributed by atoms with E-state index in [1.165, 1.54) is 25.4 Å². The van der Waals surface area contributed by atoms with Crippen molar-refractivity contribution in [2.24, 2.45) is 7.05 Å². The second kappa shape index (κ2) is 6.49. The van der Waals surface area contributed by atoms with Crippen LogP contribution in [-0.2, 0) is 7.05 Å². The molecule has 0 aliphatic rings. The van der Waals surface area contributed by atoms with Crippen LogP contribution in [0.4, 0.5) is 10.1 Å².